The van der Waals surface area contributed by atoms with Gasteiger partial charge in [-0.2, -0.15) is 0 Å². The van der Waals surface area contributed by atoms with Crippen LogP contribution >= 0.6 is 0 Å². The van der Waals surface area contributed by atoms with Crippen molar-refractivity contribution < 1.29 is 0 Å². The molecule has 154 valence electrons. The number of nitrogens with zero attached hydrogens (tertiary/aromatic N) is 2. The molecule has 0 aliphatic heterocycles. The van der Waals surface area contributed by atoms with Crippen molar-refractivity contribution >= 4 is 11.0 Å². The Hall–Kier alpha value is -3.11. The number of aromatic nitrogens is 2. The third kappa shape index (κ3) is 4.10. The second-order valence-corrected chi connectivity index (χ2v) is 8.16. The van der Waals surface area contributed by atoms with Crippen molar-refractivity contribution in [3.05, 3.63) is 101 Å². The van der Waals surface area contributed by atoms with E-state index in [1.807, 2.05) is 7.05 Å². The maximum atomic E-state index is 9.07. The normalized spacial score (nSPS) is 12.4. The topological polar surface area (TPSA) is 45.7 Å². The number of fused-ring (bicyclic) bond motifs is 1. The first-order valence-corrected chi connectivity index (χ1v) is 10.6. The summed E-state index contributed by atoms with van der Waals surface area (Å²) in [6, 6.07) is 25.9. The Balaban J connectivity index is 1.78. The van der Waals surface area contributed by atoms with Crippen molar-refractivity contribution in [2.75, 3.05) is 13.6 Å². The summed E-state index contributed by atoms with van der Waals surface area (Å²) in [5, 5.41) is 12.4. The van der Waals surface area contributed by atoms with E-state index in [0.29, 0.717) is 12.2 Å². The number of likely N-dealkylation sites (N-methyl/N-ethyl adjacent to an activating group) is 1. The zero-order chi connectivity index (χ0) is 21.1. The van der Waals surface area contributed by atoms with Crippen LogP contribution in [-0.2, 0) is 13.0 Å². The van der Waals surface area contributed by atoms with Gasteiger partial charge < -0.3 is 14.5 Å². The molecule has 4 rings (SSSR count). The van der Waals surface area contributed by atoms with Crippen molar-refractivity contribution in [3.8, 4) is 0 Å². The number of aryl methyl sites for hydroxylation is 2. The third-order valence-electron chi connectivity index (χ3n) is 5.77. The fourth-order valence-corrected chi connectivity index (χ4v) is 4.15. The summed E-state index contributed by atoms with van der Waals surface area (Å²) < 4.78 is 4.32. The monoisotopic (exact) mass is 398 g/mol. The van der Waals surface area contributed by atoms with Gasteiger partial charge in [-0.1, -0.05) is 71.8 Å². The average Bonchev–Trinajstić information content (AvgIpc) is 3.02. The van der Waals surface area contributed by atoms with E-state index in [1.165, 1.54) is 22.3 Å². The number of nitrogens with one attached hydrogen (secondary N) is 2. The molecule has 30 heavy (non-hydrogen) atoms. The van der Waals surface area contributed by atoms with Crippen LogP contribution in [0.3, 0.4) is 0 Å². The van der Waals surface area contributed by atoms with Gasteiger partial charge in [0.2, 0.25) is 5.62 Å². The van der Waals surface area contributed by atoms with Crippen molar-refractivity contribution in [1.82, 2.24) is 14.5 Å². The molecule has 3 aromatic carbocycles. The molecule has 0 fully saturated rings. The number of rotatable bonds is 7. The smallest absolute Gasteiger partial charge is 0.203 e. The molecule has 0 bridgehead atoms. The van der Waals surface area contributed by atoms with Crippen LogP contribution in [0.25, 0.3) is 11.0 Å². The lowest BCUT2D eigenvalue weighted by molar-refractivity contribution is 0.458. The molecule has 0 saturated heterocycles. The number of benzene rings is 3. The van der Waals surface area contributed by atoms with Crippen LogP contribution in [0, 0.1) is 19.3 Å². The van der Waals surface area contributed by atoms with Crippen LogP contribution in [0.15, 0.2) is 72.8 Å². The van der Waals surface area contributed by atoms with Gasteiger partial charge in [-0.3, -0.25) is 5.41 Å². The molecule has 4 aromatic rings. The Bertz CT molecular complexity index is 1180. The first-order valence-electron chi connectivity index (χ1n) is 10.6. The van der Waals surface area contributed by atoms with E-state index in [1.54, 1.807) is 0 Å². The van der Waals surface area contributed by atoms with Crippen molar-refractivity contribution in [2.45, 2.75) is 32.9 Å². The standard InChI is InChI=1S/C26H30N4/c1-19-8-12-21(13-9-19)16-23(17-28-3)30-25-7-5-4-6-24(25)29(26(30)27)18-22-14-10-20(2)11-15-22/h4-15,23,27-28H,16-18H2,1-3H3. The summed E-state index contributed by atoms with van der Waals surface area (Å²) in [7, 11) is 1.98. The van der Waals surface area contributed by atoms with Crippen molar-refractivity contribution in [2.24, 2.45) is 0 Å². The summed E-state index contributed by atoms with van der Waals surface area (Å²) >= 11 is 0. The molecule has 1 atom stereocenters. The highest BCUT2D eigenvalue weighted by Gasteiger charge is 2.19. The number of para-hydroxylation sites is 2. The van der Waals surface area contributed by atoms with Crippen LogP contribution < -0.4 is 10.9 Å². The molecule has 0 saturated carbocycles. The fourth-order valence-electron chi connectivity index (χ4n) is 4.15. The SMILES string of the molecule is CNCC(Cc1ccc(C)cc1)n1c(=N)n(Cc2ccc(C)cc2)c2ccccc21. The molecule has 4 nitrogen and oxygen atoms in total. The predicted octanol–water partition coefficient (Wildman–Crippen LogP) is 4.59. The van der Waals surface area contributed by atoms with Gasteiger partial charge in [0, 0.05) is 6.54 Å². The quantitative estimate of drug-likeness (QED) is 0.470. The minimum absolute atomic E-state index is 0.161. The Kier molecular flexibility index (Phi) is 5.86. The van der Waals surface area contributed by atoms with Crippen molar-refractivity contribution in [3.63, 3.8) is 0 Å². The van der Waals surface area contributed by atoms with Crippen LogP contribution in [0.2, 0.25) is 0 Å². The molecule has 2 N–H and O–H groups in total. The second kappa shape index (κ2) is 8.72. The molecule has 1 heterocycles. The maximum Gasteiger partial charge on any atom is 0.203 e. The first kappa shape index (κ1) is 20.2. The van der Waals surface area contributed by atoms with Gasteiger partial charge in [-0.15, -0.1) is 0 Å². The molecular formula is C26H30N4. The molecule has 0 radical (unpaired) electrons. The van der Waals surface area contributed by atoms with Gasteiger partial charge >= 0.3 is 0 Å². The van der Waals surface area contributed by atoms with E-state index in [4.69, 9.17) is 5.41 Å². The average molecular weight is 399 g/mol. The lowest BCUT2D eigenvalue weighted by Crippen LogP contribution is -2.33. The van der Waals surface area contributed by atoms with E-state index in [-0.39, 0.29) is 6.04 Å². The van der Waals surface area contributed by atoms with Gasteiger partial charge in [0.1, 0.15) is 0 Å². The van der Waals surface area contributed by atoms with Crippen molar-refractivity contribution in [1.29, 1.82) is 5.41 Å². The Morgan fingerprint density at radius 3 is 1.97 bits per heavy atom. The minimum Gasteiger partial charge on any atom is -0.318 e. The van der Waals surface area contributed by atoms with Crippen LogP contribution in [0.5, 0.6) is 0 Å². The van der Waals surface area contributed by atoms with Gasteiger partial charge in [0.15, 0.2) is 0 Å². The van der Waals surface area contributed by atoms with E-state index >= 15 is 0 Å². The van der Waals surface area contributed by atoms with E-state index in [9.17, 15) is 0 Å². The van der Waals surface area contributed by atoms with Gasteiger partial charge in [-0.25, -0.2) is 0 Å². The van der Waals surface area contributed by atoms with Gasteiger partial charge in [0.25, 0.3) is 0 Å². The fraction of sp³-hybridized carbons (Fsp3) is 0.269. The largest absolute Gasteiger partial charge is 0.318 e. The summed E-state index contributed by atoms with van der Waals surface area (Å²) in [6.07, 6.45) is 0.885. The highest BCUT2D eigenvalue weighted by Crippen LogP contribution is 2.21. The Morgan fingerprint density at radius 2 is 1.37 bits per heavy atom. The molecule has 0 aliphatic rings. The molecule has 4 heteroatoms. The highest BCUT2D eigenvalue weighted by molar-refractivity contribution is 5.76. The minimum atomic E-state index is 0.161. The first-order chi connectivity index (χ1) is 14.6. The zero-order valence-corrected chi connectivity index (χ0v) is 18.0. The second-order valence-electron chi connectivity index (χ2n) is 8.16. The molecule has 0 amide bonds. The van der Waals surface area contributed by atoms with E-state index in [0.717, 1.165) is 24.0 Å². The van der Waals surface area contributed by atoms with Crippen LogP contribution in [-0.4, -0.2) is 22.7 Å². The summed E-state index contributed by atoms with van der Waals surface area (Å²) in [5.41, 5.74) is 7.80. The predicted molar refractivity (Wildman–Crippen MR) is 124 cm³/mol. The summed E-state index contributed by atoms with van der Waals surface area (Å²) in [5.74, 6) is 0. The summed E-state index contributed by atoms with van der Waals surface area (Å²) in [4.78, 5) is 0. The molecular weight excluding hydrogens is 368 g/mol. The number of hydrogen-bond acceptors (Lipinski definition) is 2. The lowest BCUT2D eigenvalue weighted by Gasteiger charge is -2.20. The number of hydrogen-bond donors (Lipinski definition) is 2. The molecule has 0 aliphatic carbocycles. The Morgan fingerprint density at radius 1 is 0.800 bits per heavy atom. The number of imidazole rings is 1. The van der Waals surface area contributed by atoms with E-state index in [2.05, 4.69) is 101 Å². The Labute approximate surface area is 178 Å². The molecule has 1 unspecified atom stereocenters. The van der Waals surface area contributed by atoms with Gasteiger partial charge in [0.05, 0.1) is 23.6 Å². The lowest BCUT2D eigenvalue weighted by atomic mass is 10.0. The maximum absolute atomic E-state index is 9.07. The van der Waals surface area contributed by atoms with Crippen LogP contribution in [0.1, 0.15) is 28.3 Å². The zero-order valence-electron chi connectivity index (χ0n) is 18.0. The summed E-state index contributed by atoms with van der Waals surface area (Å²) in [6.45, 7) is 5.72. The van der Waals surface area contributed by atoms with E-state index < -0.39 is 0 Å². The third-order valence-corrected chi connectivity index (χ3v) is 5.77. The van der Waals surface area contributed by atoms with Crippen LogP contribution in [0.4, 0.5) is 0 Å². The molecule has 0 spiro atoms. The molecule has 1 aromatic heterocycles. The highest BCUT2D eigenvalue weighted by atomic mass is 15.2. The van der Waals surface area contributed by atoms with Gasteiger partial charge in [-0.05, 0) is 50.6 Å².